The smallest absolute Gasteiger partial charge is 0.0950 e. The van der Waals surface area contributed by atoms with E-state index in [4.69, 9.17) is 0 Å². The van der Waals surface area contributed by atoms with E-state index in [2.05, 4.69) is 25.5 Å². The molecule has 0 amide bonds. The molecule has 2 heterocycles. The van der Waals surface area contributed by atoms with E-state index in [9.17, 15) is 0 Å². The predicted molar refractivity (Wildman–Crippen MR) is 70.3 cm³/mol. The number of aromatic amines is 1. The summed E-state index contributed by atoms with van der Waals surface area (Å²) < 4.78 is 0. The van der Waals surface area contributed by atoms with Gasteiger partial charge in [-0.15, -0.1) is 0 Å². The number of hydrogen-bond acceptors (Lipinski definition) is 4. The molecule has 2 N–H and O–H groups in total. The topological polar surface area (TPSA) is 66.5 Å². The van der Waals surface area contributed by atoms with Gasteiger partial charge in [-0.1, -0.05) is 18.2 Å². The van der Waals surface area contributed by atoms with Crippen molar-refractivity contribution in [2.75, 3.05) is 11.9 Å². The molecule has 5 nitrogen and oxygen atoms in total. The molecule has 18 heavy (non-hydrogen) atoms. The first-order valence-corrected chi connectivity index (χ1v) is 5.85. The van der Waals surface area contributed by atoms with Crippen molar-refractivity contribution in [1.82, 2.24) is 20.2 Å². The van der Waals surface area contributed by atoms with Crippen molar-refractivity contribution < 1.29 is 0 Å². The summed E-state index contributed by atoms with van der Waals surface area (Å²) in [6.45, 7) is 0.831. The molecule has 0 bridgehead atoms. The van der Waals surface area contributed by atoms with Crippen LogP contribution in [0.1, 0.15) is 5.69 Å². The number of imidazole rings is 1. The van der Waals surface area contributed by atoms with Gasteiger partial charge in [0.05, 0.1) is 23.7 Å². The van der Waals surface area contributed by atoms with Crippen LogP contribution < -0.4 is 5.32 Å². The predicted octanol–water partition coefficient (Wildman–Crippen LogP) is 2.01. The van der Waals surface area contributed by atoms with Gasteiger partial charge in [0.15, 0.2) is 0 Å². The first kappa shape index (κ1) is 10.7. The molecule has 5 heteroatoms. The van der Waals surface area contributed by atoms with Gasteiger partial charge in [-0.05, 0) is 6.07 Å². The van der Waals surface area contributed by atoms with E-state index in [1.165, 1.54) is 0 Å². The number of nitrogens with zero attached hydrogens (tertiary/aromatic N) is 3. The average Bonchev–Trinajstić information content (AvgIpc) is 2.92. The minimum atomic E-state index is 0.831. The summed E-state index contributed by atoms with van der Waals surface area (Å²) in [6, 6.07) is 7.97. The lowest BCUT2D eigenvalue weighted by molar-refractivity contribution is 0.972. The van der Waals surface area contributed by atoms with E-state index in [0.717, 1.165) is 35.2 Å². The number of H-pyrrole nitrogens is 1. The molecule has 0 atom stereocenters. The van der Waals surface area contributed by atoms with Crippen LogP contribution in [0.4, 0.5) is 5.69 Å². The summed E-state index contributed by atoms with van der Waals surface area (Å²) in [4.78, 5) is 7.07. The van der Waals surface area contributed by atoms with E-state index in [1.54, 1.807) is 12.5 Å². The number of nitrogens with one attached hydrogen (secondary N) is 2. The van der Waals surface area contributed by atoms with Gasteiger partial charge in [0, 0.05) is 30.2 Å². The fourth-order valence-corrected chi connectivity index (χ4v) is 1.90. The second-order valence-electron chi connectivity index (χ2n) is 4.03. The molecular formula is C13H13N5. The van der Waals surface area contributed by atoms with Gasteiger partial charge in [-0.3, -0.25) is 0 Å². The Morgan fingerprint density at radius 3 is 3.00 bits per heavy atom. The Kier molecular flexibility index (Phi) is 2.87. The van der Waals surface area contributed by atoms with E-state index in [-0.39, 0.29) is 0 Å². The molecule has 0 aliphatic carbocycles. The monoisotopic (exact) mass is 239 g/mol. The van der Waals surface area contributed by atoms with Crippen LogP contribution in [0.25, 0.3) is 10.9 Å². The van der Waals surface area contributed by atoms with Crippen LogP contribution in [0, 0.1) is 0 Å². The van der Waals surface area contributed by atoms with E-state index < -0.39 is 0 Å². The molecule has 0 fully saturated rings. The molecule has 0 spiro atoms. The number of fused-ring (bicyclic) bond motifs is 1. The average molecular weight is 239 g/mol. The third kappa shape index (κ3) is 2.15. The molecule has 90 valence electrons. The van der Waals surface area contributed by atoms with E-state index >= 15 is 0 Å². The molecule has 0 saturated heterocycles. The van der Waals surface area contributed by atoms with E-state index in [1.807, 2.05) is 30.5 Å². The largest absolute Gasteiger partial charge is 0.383 e. The van der Waals surface area contributed by atoms with Crippen molar-refractivity contribution in [3.05, 3.63) is 48.7 Å². The van der Waals surface area contributed by atoms with Gasteiger partial charge < -0.3 is 10.3 Å². The number of benzene rings is 1. The van der Waals surface area contributed by atoms with Crippen molar-refractivity contribution in [3.63, 3.8) is 0 Å². The molecule has 3 aromatic rings. The molecule has 0 unspecified atom stereocenters. The number of aromatic nitrogens is 4. The fourth-order valence-electron chi connectivity index (χ4n) is 1.90. The van der Waals surface area contributed by atoms with Crippen LogP contribution in [0.2, 0.25) is 0 Å². The zero-order valence-electron chi connectivity index (χ0n) is 9.80. The minimum absolute atomic E-state index is 0.831. The zero-order chi connectivity index (χ0) is 12.2. The van der Waals surface area contributed by atoms with Gasteiger partial charge in [0.2, 0.25) is 0 Å². The van der Waals surface area contributed by atoms with Gasteiger partial charge in [-0.25, -0.2) is 4.98 Å². The van der Waals surface area contributed by atoms with Crippen LogP contribution in [-0.2, 0) is 6.42 Å². The lowest BCUT2D eigenvalue weighted by atomic mass is 10.2. The zero-order valence-corrected chi connectivity index (χ0v) is 9.80. The molecule has 1 aromatic carbocycles. The Balaban J connectivity index is 1.74. The quantitative estimate of drug-likeness (QED) is 0.731. The first-order valence-electron chi connectivity index (χ1n) is 5.85. The maximum Gasteiger partial charge on any atom is 0.0950 e. The molecule has 3 rings (SSSR count). The molecule has 0 aliphatic rings. The summed E-state index contributed by atoms with van der Waals surface area (Å²) in [5.74, 6) is 0. The van der Waals surface area contributed by atoms with Crippen molar-refractivity contribution in [1.29, 1.82) is 0 Å². The first-order chi connectivity index (χ1) is 8.93. The Bertz CT molecular complexity index is 627. The summed E-state index contributed by atoms with van der Waals surface area (Å²) in [5.41, 5.74) is 3.04. The molecular weight excluding hydrogens is 226 g/mol. The Morgan fingerprint density at radius 2 is 2.11 bits per heavy atom. The Hall–Kier alpha value is -2.43. The lowest BCUT2D eigenvalue weighted by Crippen LogP contribution is -2.06. The Labute approximate surface area is 104 Å². The summed E-state index contributed by atoms with van der Waals surface area (Å²) >= 11 is 0. The second-order valence-corrected chi connectivity index (χ2v) is 4.03. The summed E-state index contributed by atoms with van der Waals surface area (Å²) in [6.07, 6.45) is 6.19. The molecule has 0 radical (unpaired) electrons. The lowest BCUT2D eigenvalue weighted by Gasteiger charge is -2.07. The summed E-state index contributed by atoms with van der Waals surface area (Å²) in [7, 11) is 0. The van der Waals surface area contributed by atoms with Gasteiger partial charge in [0.1, 0.15) is 0 Å². The standard InChI is InChI=1S/C13H13N5/c1-2-4-12-11(3-1)13(8-17-18-12)15-6-5-10-7-14-9-16-10/h1-4,7-9H,5-6H2,(H,14,16)(H,15,18). The van der Waals surface area contributed by atoms with Gasteiger partial charge >= 0.3 is 0 Å². The highest BCUT2D eigenvalue weighted by Gasteiger charge is 2.01. The number of rotatable bonds is 4. The van der Waals surface area contributed by atoms with Crippen LogP contribution in [0.15, 0.2) is 43.0 Å². The van der Waals surface area contributed by atoms with Crippen molar-refractivity contribution >= 4 is 16.6 Å². The van der Waals surface area contributed by atoms with Crippen molar-refractivity contribution in [2.45, 2.75) is 6.42 Å². The van der Waals surface area contributed by atoms with Gasteiger partial charge in [0.25, 0.3) is 0 Å². The maximum atomic E-state index is 4.09. The highest BCUT2D eigenvalue weighted by molar-refractivity contribution is 5.90. The minimum Gasteiger partial charge on any atom is -0.383 e. The normalized spacial score (nSPS) is 10.7. The third-order valence-electron chi connectivity index (χ3n) is 2.81. The fraction of sp³-hybridized carbons (Fsp3) is 0.154. The second kappa shape index (κ2) is 4.83. The van der Waals surface area contributed by atoms with Gasteiger partial charge in [-0.2, -0.15) is 10.2 Å². The van der Waals surface area contributed by atoms with Crippen molar-refractivity contribution in [2.24, 2.45) is 0 Å². The van der Waals surface area contributed by atoms with Crippen LogP contribution in [0.3, 0.4) is 0 Å². The highest BCUT2D eigenvalue weighted by Crippen LogP contribution is 2.19. The van der Waals surface area contributed by atoms with Crippen molar-refractivity contribution in [3.8, 4) is 0 Å². The molecule has 0 aliphatic heterocycles. The van der Waals surface area contributed by atoms with Crippen LogP contribution >= 0.6 is 0 Å². The van der Waals surface area contributed by atoms with Crippen LogP contribution in [0.5, 0.6) is 0 Å². The van der Waals surface area contributed by atoms with Crippen LogP contribution in [-0.4, -0.2) is 26.7 Å². The molecule has 2 aromatic heterocycles. The Morgan fingerprint density at radius 1 is 1.17 bits per heavy atom. The number of anilines is 1. The van der Waals surface area contributed by atoms with E-state index in [0.29, 0.717) is 0 Å². The summed E-state index contributed by atoms with van der Waals surface area (Å²) in [5, 5.41) is 12.6. The molecule has 0 saturated carbocycles. The third-order valence-corrected chi connectivity index (χ3v) is 2.81. The number of hydrogen-bond donors (Lipinski definition) is 2. The SMILES string of the molecule is c1ccc2c(NCCc3cnc[nH]3)cnnc2c1. The maximum absolute atomic E-state index is 4.09. The highest BCUT2D eigenvalue weighted by atomic mass is 15.1.